The average molecular weight is 378 g/mol. The molecule has 0 spiro atoms. The van der Waals surface area contributed by atoms with Gasteiger partial charge >= 0.3 is 8.56 Å². The zero-order valence-electron chi connectivity index (χ0n) is 16.6. The zero-order valence-corrected chi connectivity index (χ0v) is 18.6. The van der Waals surface area contributed by atoms with Gasteiger partial charge in [-0.05, 0) is 22.2 Å². The molecule has 3 atom stereocenters. The third kappa shape index (κ3) is 5.36. The fourth-order valence-electron chi connectivity index (χ4n) is 3.29. The van der Waals surface area contributed by atoms with Crippen LogP contribution in [0, 0.1) is 0 Å². The molecule has 0 saturated carbocycles. The molecular formula is C17H37O5Si2. The predicted molar refractivity (Wildman–Crippen MR) is 101 cm³/mol. The van der Waals surface area contributed by atoms with Crippen molar-refractivity contribution >= 4 is 17.6 Å². The fourth-order valence-corrected chi connectivity index (χ4v) is 8.27. The molecule has 0 aliphatic carbocycles. The lowest BCUT2D eigenvalue weighted by molar-refractivity contribution is -0.00694. The van der Waals surface area contributed by atoms with Crippen LogP contribution in [0.15, 0.2) is 0 Å². The predicted octanol–water partition coefficient (Wildman–Crippen LogP) is 3.21. The van der Waals surface area contributed by atoms with Crippen molar-refractivity contribution < 1.29 is 23.5 Å². The van der Waals surface area contributed by atoms with Gasteiger partial charge < -0.3 is 23.5 Å². The monoisotopic (exact) mass is 377 g/mol. The summed E-state index contributed by atoms with van der Waals surface area (Å²) in [6.45, 7) is 17.4. The van der Waals surface area contributed by atoms with Gasteiger partial charge in [-0.3, -0.25) is 0 Å². The summed E-state index contributed by atoms with van der Waals surface area (Å²) in [5, 5.41) is 10.3. The topological polar surface area (TPSA) is 68.2 Å². The molecule has 0 aromatic rings. The summed E-state index contributed by atoms with van der Waals surface area (Å²) in [5.74, 6) is 0. The maximum absolute atomic E-state index is 11.0. The van der Waals surface area contributed by atoms with E-state index in [0.717, 1.165) is 0 Å². The molecule has 0 unspecified atom stereocenters. The molecule has 7 heteroatoms. The molecule has 2 N–H and O–H groups in total. The maximum atomic E-state index is 11.0. The standard InChI is InChI=1S/C17H37O5Si2/c1-11(2)23(12(3)4)21-10-16-17(15(18)9-20-16)22-24(19,13(5)6)14(7)8/h11-19H,9-10H2,1-8H3/t15-,16+,17-/m0/s1. The lowest BCUT2D eigenvalue weighted by Crippen LogP contribution is -2.52. The summed E-state index contributed by atoms with van der Waals surface area (Å²) < 4.78 is 18.1. The number of aliphatic hydroxyl groups is 1. The van der Waals surface area contributed by atoms with Crippen molar-refractivity contribution in [2.75, 3.05) is 13.2 Å². The molecule has 1 rings (SSSR count). The Hall–Kier alpha value is 0.234. The van der Waals surface area contributed by atoms with Gasteiger partial charge in [-0.2, -0.15) is 0 Å². The van der Waals surface area contributed by atoms with Crippen LogP contribution in [-0.2, 0) is 13.6 Å². The van der Waals surface area contributed by atoms with Crippen LogP contribution in [0.3, 0.4) is 0 Å². The SMILES string of the molecule is CC(C)[Si](OC[C@H]1OC[C@H](O)[C@@H]1O[Si](O)(C(C)C)C(C)C)C(C)C. The van der Waals surface area contributed by atoms with Gasteiger partial charge in [0.25, 0.3) is 0 Å². The van der Waals surface area contributed by atoms with Crippen LogP contribution in [0.2, 0.25) is 22.2 Å². The lowest BCUT2D eigenvalue weighted by atomic mass is 10.2. The molecule has 1 fully saturated rings. The van der Waals surface area contributed by atoms with E-state index < -0.39 is 29.8 Å². The zero-order chi connectivity index (χ0) is 18.7. The van der Waals surface area contributed by atoms with Gasteiger partial charge in [-0.1, -0.05) is 55.4 Å². The molecule has 1 saturated heterocycles. The van der Waals surface area contributed by atoms with Crippen molar-refractivity contribution in [3.63, 3.8) is 0 Å². The molecule has 0 bridgehead atoms. The summed E-state index contributed by atoms with van der Waals surface area (Å²) in [5.41, 5.74) is 1.13. The van der Waals surface area contributed by atoms with Crippen LogP contribution >= 0.6 is 0 Å². The van der Waals surface area contributed by atoms with E-state index in [9.17, 15) is 9.90 Å². The second-order valence-electron chi connectivity index (χ2n) is 8.11. The molecule has 1 aliphatic heterocycles. The Bertz CT molecular complexity index is 360. The normalized spacial score (nSPS) is 25.9. The van der Waals surface area contributed by atoms with Crippen molar-refractivity contribution in [2.24, 2.45) is 0 Å². The molecular weight excluding hydrogens is 340 g/mol. The minimum absolute atomic E-state index is 0.0535. The first-order valence-electron chi connectivity index (χ1n) is 9.20. The first-order chi connectivity index (χ1) is 11.0. The van der Waals surface area contributed by atoms with E-state index in [0.29, 0.717) is 17.7 Å². The van der Waals surface area contributed by atoms with Crippen molar-refractivity contribution in [3.05, 3.63) is 0 Å². The van der Waals surface area contributed by atoms with Gasteiger partial charge in [0.1, 0.15) is 18.3 Å². The van der Waals surface area contributed by atoms with E-state index in [1.54, 1.807) is 0 Å². The second kappa shape index (κ2) is 9.25. The summed E-state index contributed by atoms with van der Waals surface area (Å²) in [4.78, 5) is 11.0. The van der Waals surface area contributed by atoms with Crippen molar-refractivity contribution in [1.29, 1.82) is 0 Å². The van der Waals surface area contributed by atoms with Gasteiger partial charge in [0.05, 0.1) is 13.2 Å². The van der Waals surface area contributed by atoms with Crippen LogP contribution < -0.4 is 0 Å². The molecule has 1 aliphatic rings. The van der Waals surface area contributed by atoms with E-state index in [2.05, 4.69) is 27.7 Å². The van der Waals surface area contributed by atoms with Gasteiger partial charge in [0.15, 0.2) is 0 Å². The summed E-state index contributed by atoms with van der Waals surface area (Å²) in [7, 11) is -3.89. The number of ether oxygens (including phenoxy) is 1. The third-order valence-corrected chi connectivity index (χ3v) is 11.5. The van der Waals surface area contributed by atoms with E-state index in [-0.39, 0.29) is 23.8 Å². The van der Waals surface area contributed by atoms with E-state index in [4.69, 9.17) is 13.6 Å². The smallest absolute Gasteiger partial charge is 0.341 e. The van der Waals surface area contributed by atoms with Crippen molar-refractivity contribution in [3.8, 4) is 0 Å². The van der Waals surface area contributed by atoms with Crippen LogP contribution in [0.5, 0.6) is 0 Å². The van der Waals surface area contributed by atoms with Gasteiger partial charge in [-0.25, -0.2) is 0 Å². The number of hydrogen-bond acceptors (Lipinski definition) is 5. The van der Waals surface area contributed by atoms with Crippen LogP contribution in [0.1, 0.15) is 55.4 Å². The number of aliphatic hydroxyl groups excluding tert-OH is 1. The van der Waals surface area contributed by atoms with Crippen molar-refractivity contribution in [1.82, 2.24) is 0 Å². The summed E-state index contributed by atoms with van der Waals surface area (Å²) in [6, 6.07) is 0. The fraction of sp³-hybridized carbons (Fsp3) is 1.00. The molecule has 24 heavy (non-hydrogen) atoms. The highest BCUT2D eigenvalue weighted by Crippen LogP contribution is 2.35. The summed E-state index contributed by atoms with van der Waals surface area (Å²) >= 11 is 0. The molecule has 5 nitrogen and oxygen atoms in total. The quantitative estimate of drug-likeness (QED) is 0.604. The highest BCUT2D eigenvalue weighted by molar-refractivity contribution is 6.68. The first-order valence-corrected chi connectivity index (χ1v) is 12.8. The Labute approximate surface area is 150 Å². The van der Waals surface area contributed by atoms with Gasteiger partial charge in [0, 0.05) is 0 Å². The molecule has 143 valence electrons. The Morgan fingerprint density at radius 3 is 1.96 bits per heavy atom. The largest absolute Gasteiger partial charge is 0.413 e. The molecule has 1 heterocycles. The van der Waals surface area contributed by atoms with Crippen LogP contribution in [0.25, 0.3) is 0 Å². The van der Waals surface area contributed by atoms with Gasteiger partial charge in [0.2, 0.25) is 9.04 Å². The third-order valence-electron chi connectivity index (χ3n) is 4.76. The average Bonchev–Trinajstić information content (AvgIpc) is 2.79. The number of hydrogen-bond donors (Lipinski definition) is 2. The number of rotatable bonds is 9. The summed E-state index contributed by atoms with van der Waals surface area (Å²) in [6.07, 6.45) is -1.52. The molecule has 0 aromatic heterocycles. The minimum Gasteiger partial charge on any atom is -0.413 e. The molecule has 1 radical (unpaired) electrons. The van der Waals surface area contributed by atoms with Crippen LogP contribution in [0.4, 0.5) is 0 Å². The highest BCUT2D eigenvalue weighted by atomic mass is 28.4. The second-order valence-corrected chi connectivity index (χ2v) is 15.6. The Kier molecular flexibility index (Phi) is 8.59. The van der Waals surface area contributed by atoms with Gasteiger partial charge in [-0.15, -0.1) is 0 Å². The van der Waals surface area contributed by atoms with Crippen molar-refractivity contribution in [2.45, 2.75) is 95.9 Å². The lowest BCUT2D eigenvalue weighted by Gasteiger charge is -2.37. The van der Waals surface area contributed by atoms with Crippen LogP contribution in [-0.4, -0.2) is 59.0 Å². The Morgan fingerprint density at radius 2 is 1.54 bits per heavy atom. The Balaban J connectivity index is 2.78. The van der Waals surface area contributed by atoms with E-state index in [1.807, 2.05) is 27.7 Å². The Morgan fingerprint density at radius 1 is 1.04 bits per heavy atom. The van der Waals surface area contributed by atoms with E-state index in [1.165, 1.54) is 0 Å². The molecule has 0 amide bonds. The minimum atomic E-state index is -2.94. The first kappa shape index (κ1) is 22.3. The van der Waals surface area contributed by atoms with E-state index >= 15 is 0 Å². The maximum Gasteiger partial charge on any atom is 0.341 e. The highest BCUT2D eigenvalue weighted by Gasteiger charge is 2.49. The molecule has 0 aromatic carbocycles.